The smallest absolute Gasteiger partial charge is 0.261 e. The number of aliphatic hydroxyl groups excluding tert-OH is 1. The summed E-state index contributed by atoms with van der Waals surface area (Å²) in [5.74, 6) is 0.397. The highest BCUT2D eigenvalue weighted by Crippen LogP contribution is 2.14. The van der Waals surface area contributed by atoms with Gasteiger partial charge in [0.2, 0.25) is 0 Å². The number of carbonyl (C=O) groups excluding carboxylic acids is 1. The van der Waals surface area contributed by atoms with Crippen LogP contribution < -0.4 is 5.56 Å². The largest absolute Gasteiger partial charge is 0.388 e. The molecule has 3 aromatic rings. The summed E-state index contributed by atoms with van der Waals surface area (Å²) in [6, 6.07) is 15.6. The van der Waals surface area contributed by atoms with Crippen LogP contribution in [-0.4, -0.2) is 27.0 Å². The Kier molecular flexibility index (Phi) is 6.50. The van der Waals surface area contributed by atoms with Crippen molar-refractivity contribution in [2.45, 2.75) is 32.7 Å². The fraction of sp³-hybridized carbons (Fsp3) is 0.261. The Balaban J connectivity index is 1.87. The quantitative estimate of drug-likeness (QED) is 0.613. The second kappa shape index (κ2) is 9.24. The molecule has 5 nitrogen and oxygen atoms in total. The number of aryl methyl sites for hydroxylation is 2. The molecule has 1 N–H and O–H groups in total. The van der Waals surface area contributed by atoms with Crippen molar-refractivity contribution in [3.8, 4) is 0 Å². The van der Waals surface area contributed by atoms with E-state index in [0.717, 1.165) is 24.2 Å². The highest BCUT2D eigenvalue weighted by atomic mass is 16.3. The summed E-state index contributed by atoms with van der Waals surface area (Å²) in [4.78, 5) is 28.9. The molecule has 1 aromatic heterocycles. The highest BCUT2D eigenvalue weighted by molar-refractivity contribution is 5.94. The first kappa shape index (κ1) is 19.7. The number of aromatic nitrogens is 2. The van der Waals surface area contributed by atoms with E-state index in [1.54, 1.807) is 28.8 Å². The lowest BCUT2D eigenvalue weighted by molar-refractivity contribution is -0.117. The SMILES string of the molecule is CCc1nc2cc(/C=C/C(=O)CO)ccc2c(=O)n1CCCc1ccccc1. The Labute approximate surface area is 164 Å². The zero-order valence-electron chi connectivity index (χ0n) is 16.0. The summed E-state index contributed by atoms with van der Waals surface area (Å²) >= 11 is 0. The van der Waals surface area contributed by atoms with Crippen molar-refractivity contribution in [1.82, 2.24) is 9.55 Å². The summed E-state index contributed by atoms with van der Waals surface area (Å²) in [6.45, 7) is 2.10. The van der Waals surface area contributed by atoms with Gasteiger partial charge in [-0.3, -0.25) is 14.2 Å². The van der Waals surface area contributed by atoms with Gasteiger partial charge in [-0.2, -0.15) is 0 Å². The van der Waals surface area contributed by atoms with Gasteiger partial charge in [-0.25, -0.2) is 4.98 Å². The van der Waals surface area contributed by atoms with Crippen molar-refractivity contribution in [3.05, 3.63) is 81.9 Å². The average molecular weight is 376 g/mol. The summed E-state index contributed by atoms with van der Waals surface area (Å²) in [7, 11) is 0. The van der Waals surface area contributed by atoms with Gasteiger partial charge in [-0.1, -0.05) is 49.4 Å². The van der Waals surface area contributed by atoms with Gasteiger partial charge in [-0.15, -0.1) is 0 Å². The van der Waals surface area contributed by atoms with Crippen LogP contribution in [-0.2, 0) is 24.2 Å². The molecule has 0 aliphatic rings. The molecular weight excluding hydrogens is 352 g/mol. The van der Waals surface area contributed by atoms with E-state index in [0.29, 0.717) is 23.9 Å². The standard InChI is InChI=1S/C23H24N2O3/c1-2-22-24-21-15-18(10-12-19(27)16-26)11-13-20(21)23(28)25(22)14-6-9-17-7-4-3-5-8-17/h3-5,7-8,10-13,15,26H,2,6,9,14,16H2,1H3/b12-10+. The van der Waals surface area contributed by atoms with Crippen LogP contribution in [0.5, 0.6) is 0 Å². The minimum absolute atomic E-state index is 0.0307. The topological polar surface area (TPSA) is 72.2 Å². The average Bonchev–Trinajstić information content (AvgIpc) is 2.73. The fourth-order valence-electron chi connectivity index (χ4n) is 3.22. The first-order valence-corrected chi connectivity index (χ1v) is 9.51. The van der Waals surface area contributed by atoms with E-state index in [2.05, 4.69) is 17.1 Å². The highest BCUT2D eigenvalue weighted by Gasteiger charge is 2.10. The lowest BCUT2D eigenvalue weighted by atomic mass is 10.1. The van der Waals surface area contributed by atoms with E-state index in [4.69, 9.17) is 5.11 Å². The zero-order valence-corrected chi connectivity index (χ0v) is 16.0. The van der Waals surface area contributed by atoms with Crippen LogP contribution in [0.3, 0.4) is 0 Å². The van der Waals surface area contributed by atoms with Crippen molar-refractivity contribution < 1.29 is 9.90 Å². The minimum atomic E-state index is -0.518. The van der Waals surface area contributed by atoms with E-state index in [1.165, 1.54) is 11.6 Å². The lowest BCUT2D eigenvalue weighted by Gasteiger charge is -2.13. The van der Waals surface area contributed by atoms with Crippen molar-refractivity contribution in [3.63, 3.8) is 0 Å². The van der Waals surface area contributed by atoms with Crippen molar-refractivity contribution in [2.75, 3.05) is 6.61 Å². The molecule has 1 heterocycles. The Hall–Kier alpha value is -3.05. The van der Waals surface area contributed by atoms with Gasteiger partial charge in [0.05, 0.1) is 10.9 Å². The van der Waals surface area contributed by atoms with Gasteiger partial charge in [0.15, 0.2) is 5.78 Å². The number of rotatable bonds is 8. The summed E-state index contributed by atoms with van der Waals surface area (Å²) in [5.41, 5.74) is 2.62. The van der Waals surface area contributed by atoms with E-state index in [-0.39, 0.29) is 11.3 Å². The maximum atomic E-state index is 13.0. The molecule has 0 saturated carbocycles. The van der Waals surface area contributed by atoms with Gasteiger partial charge in [0, 0.05) is 13.0 Å². The molecule has 0 fully saturated rings. The van der Waals surface area contributed by atoms with Crippen LogP contribution in [0.15, 0.2) is 59.4 Å². The van der Waals surface area contributed by atoms with E-state index >= 15 is 0 Å². The number of carbonyl (C=O) groups is 1. The van der Waals surface area contributed by atoms with Gasteiger partial charge in [-0.05, 0) is 42.2 Å². The monoisotopic (exact) mass is 376 g/mol. The molecular formula is C23H24N2O3. The van der Waals surface area contributed by atoms with E-state index < -0.39 is 6.61 Å². The Morgan fingerprint density at radius 3 is 2.68 bits per heavy atom. The van der Waals surface area contributed by atoms with E-state index in [9.17, 15) is 9.59 Å². The van der Waals surface area contributed by atoms with Gasteiger partial charge < -0.3 is 5.11 Å². The van der Waals surface area contributed by atoms with Gasteiger partial charge >= 0.3 is 0 Å². The lowest BCUT2D eigenvalue weighted by Crippen LogP contribution is -2.25. The Bertz CT molecular complexity index is 1050. The molecule has 0 aliphatic heterocycles. The molecule has 2 aromatic carbocycles. The van der Waals surface area contributed by atoms with Crippen LogP contribution >= 0.6 is 0 Å². The van der Waals surface area contributed by atoms with Crippen LogP contribution in [0, 0.1) is 0 Å². The molecule has 28 heavy (non-hydrogen) atoms. The third-order valence-electron chi connectivity index (χ3n) is 4.68. The maximum absolute atomic E-state index is 13.0. The van der Waals surface area contributed by atoms with Crippen molar-refractivity contribution in [2.24, 2.45) is 0 Å². The van der Waals surface area contributed by atoms with Gasteiger partial charge in [0.1, 0.15) is 12.4 Å². The minimum Gasteiger partial charge on any atom is -0.388 e. The third kappa shape index (κ3) is 4.61. The Morgan fingerprint density at radius 2 is 1.96 bits per heavy atom. The van der Waals surface area contributed by atoms with Gasteiger partial charge in [0.25, 0.3) is 5.56 Å². The number of fused-ring (bicyclic) bond motifs is 1. The van der Waals surface area contributed by atoms with Crippen LogP contribution in [0.25, 0.3) is 17.0 Å². The van der Waals surface area contributed by atoms with Crippen LogP contribution in [0.1, 0.15) is 30.3 Å². The third-order valence-corrected chi connectivity index (χ3v) is 4.68. The van der Waals surface area contributed by atoms with Crippen molar-refractivity contribution >= 4 is 22.8 Å². The number of aliphatic hydroxyl groups is 1. The van der Waals surface area contributed by atoms with Crippen molar-refractivity contribution in [1.29, 1.82) is 0 Å². The number of hydrogen-bond donors (Lipinski definition) is 1. The van der Waals surface area contributed by atoms with E-state index in [1.807, 2.05) is 25.1 Å². The first-order chi connectivity index (χ1) is 13.6. The molecule has 5 heteroatoms. The number of nitrogens with zero attached hydrogens (tertiary/aromatic N) is 2. The first-order valence-electron chi connectivity index (χ1n) is 9.51. The number of hydrogen-bond acceptors (Lipinski definition) is 4. The normalized spacial score (nSPS) is 11.4. The van der Waals surface area contributed by atoms with Crippen LogP contribution in [0.2, 0.25) is 0 Å². The second-order valence-corrected chi connectivity index (χ2v) is 6.66. The summed E-state index contributed by atoms with van der Waals surface area (Å²) < 4.78 is 1.77. The summed E-state index contributed by atoms with van der Waals surface area (Å²) in [6.07, 6.45) is 5.40. The molecule has 3 rings (SSSR count). The number of ketones is 1. The summed E-state index contributed by atoms with van der Waals surface area (Å²) in [5, 5.41) is 9.38. The predicted octanol–water partition coefficient (Wildman–Crippen LogP) is 3.17. The molecule has 0 radical (unpaired) electrons. The molecule has 144 valence electrons. The maximum Gasteiger partial charge on any atom is 0.261 e. The number of benzene rings is 2. The second-order valence-electron chi connectivity index (χ2n) is 6.66. The molecule has 0 unspecified atom stereocenters. The van der Waals surface area contributed by atoms with Crippen LogP contribution in [0.4, 0.5) is 0 Å². The zero-order chi connectivity index (χ0) is 19.9. The molecule has 0 spiro atoms. The fourth-order valence-corrected chi connectivity index (χ4v) is 3.22. The predicted molar refractivity (Wildman–Crippen MR) is 111 cm³/mol. The molecule has 0 saturated heterocycles. The molecule has 0 aliphatic carbocycles. The Morgan fingerprint density at radius 1 is 1.18 bits per heavy atom. The molecule has 0 amide bonds. The molecule has 0 atom stereocenters. The molecule has 0 bridgehead atoms.